The summed E-state index contributed by atoms with van der Waals surface area (Å²) < 4.78 is 0. The van der Waals surface area contributed by atoms with Crippen molar-refractivity contribution in [2.45, 2.75) is 13.8 Å². The zero-order chi connectivity index (χ0) is 16.4. The number of pyridine rings is 2. The van der Waals surface area contributed by atoms with Gasteiger partial charge in [-0.15, -0.1) is 11.3 Å². The number of fused-ring (bicyclic) bond motifs is 1. The van der Waals surface area contributed by atoms with Gasteiger partial charge in [0.2, 0.25) is 0 Å². The van der Waals surface area contributed by atoms with Gasteiger partial charge in [0.25, 0.3) is 5.91 Å². The second-order valence-corrected chi connectivity index (χ2v) is 6.09. The Labute approximate surface area is 137 Å². The fraction of sp³-hybridized carbons (Fsp3) is 0.125. The first kappa shape index (κ1) is 15.1. The van der Waals surface area contributed by atoms with E-state index >= 15 is 0 Å². The molecule has 6 nitrogen and oxygen atoms in total. The van der Waals surface area contributed by atoms with Crippen LogP contribution in [0.15, 0.2) is 35.7 Å². The Morgan fingerprint density at radius 2 is 2.26 bits per heavy atom. The summed E-state index contributed by atoms with van der Waals surface area (Å²) in [5.41, 5.74) is 11.8. The van der Waals surface area contributed by atoms with Crippen LogP contribution in [0, 0.1) is 13.8 Å². The van der Waals surface area contributed by atoms with Crippen LogP contribution in [0.1, 0.15) is 26.5 Å². The highest BCUT2D eigenvalue weighted by Crippen LogP contribution is 2.34. The van der Waals surface area contributed by atoms with Crippen molar-refractivity contribution in [3.63, 3.8) is 0 Å². The van der Waals surface area contributed by atoms with Crippen molar-refractivity contribution < 1.29 is 4.79 Å². The summed E-state index contributed by atoms with van der Waals surface area (Å²) in [4.78, 5) is 21.9. The van der Waals surface area contributed by atoms with Crippen LogP contribution >= 0.6 is 11.3 Å². The molecule has 3 aromatic rings. The number of nitrogens with one attached hydrogen (secondary N) is 1. The number of rotatable bonds is 3. The lowest BCUT2D eigenvalue weighted by Gasteiger charge is -2.00. The Bertz CT molecular complexity index is 902. The third kappa shape index (κ3) is 3.04. The molecule has 0 saturated carbocycles. The summed E-state index contributed by atoms with van der Waals surface area (Å²) in [5.74, 6) is -0.345. The van der Waals surface area contributed by atoms with Gasteiger partial charge >= 0.3 is 0 Å². The maximum absolute atomic E-state index is 12.3. The van der Waals surface area contributed by atoms with Gasteiger partial charge in [-0.1, -0.05) is 6.07 Å². The molecule has 0 aliphatic heterocycles. The number of aryl methyl sites for hydroxylation is 2. The largest absolute Gasteiger partial charge is 0.397 e. The minimum atomic E-state index is -0.345. The maximum Gasteiger partial charge on any atom is 0.283 e. The highest BCUT2D eigenvalue weighted by molar-refractivity contribution is 7.21. The lowest BCUT2D eigenvalue weighted by atomic mass is 10.1. The predicted molar refractivity (Wildman–Crippen MR) is 92.8 cm³/mol. The smallest absolute Gasteiger partial charge is 0.283 e. The van der Waals surface area contributed by atoms with E-state index in [2.05, 4.69) is 20.5 Å². The predicted octanol–water partition coefficient (Wildman–Crippen LogP) is 2.65. The third-order valence-corrected chi connectivity index (χ3v) is 4.39. The van der Waals surface area contributed by atoms with Crippen LogP contribution in [0.25, 0.3) is 10.2 Å². The molecule has 116 valence electrons. The highest BCUT2D eigenvalue weighted by atomic mass is 32.1. The van der Waals surface area contributed by atoms with E-state index in [1.165, 1.54) is 17.6 Å². The summed E-state index contributed by atoms with van der Waals surface area (Å²) in [7, 11) is 0. The van der Waals surface area contributed by atoms with Gasteiger partial charge < -0.3 is 5.73 Å². The molecule has 7 heteroatoms. The summed E-state index contributed by atoms with van der Waals surface area (Å²) in [6.07, 6.45) is 4.85. The number of hydrazone groups is 1. The summed E-state index contributed by atoms with van der Waals surface area (Å²) in [6, 6.07) is 5.59. The number of thiophene rings is 1. The summed E-state index contributed by atoms with van der Waals surface area (Å²) in [6.45, 7) is 3.88. The fourth-order valence-corrected chi connectivity index (χ4v) is 3.41. The molecule has 3 N–H and O–H groups in total. The van der Waals surface area contributed by atoms with Gasteiger partial charge in [0, 0.05) is 29.0 Å². The molecule has 0 aromatic carbocycles. The molecule has 0 spiro atoms. The van der Waals surface area contributed by atoms with E-state index in [-0.39, 0.29) is 5.91 Å². The SMILES string of the molecule is Cc1cc(C)c2c(N)c(C(=O)N/N=C\c3cccnc3)sc2n1. The standard InChI is InChI=1S/C16H15N5OS/c1-9-6-10(2)20-16-12(9)13(17)14(23-16)15(22)21-19-8-11-4-3-5-18-7-11/h3-8H,17H2,1-2H3,(H,21,22)/b19-8-. The van der Waals surface area contributed by atoms with E-state index in [0.29, 0.717) is 10.6 Å². The van der Waals surface area contributed by atoms with Crippen molar-refractivity contribution in [2.24, 2.45) is 5.10 Å². The lowest BCUT2D eigenvalue weighted by Crippen LogP contribution is -2.17. The summed E-state index contributed by atoms with van der Waals surface area (Å²) in [5, 5.41) is 4.77. The average Bonchev–Trinajstić information content (AvgIpc) is 2.85. The number of hydrogen-bond acceptors (Lipinski definition) is 6. The summed E-state index contributed by atoms with van der Waals surface area (Å²) >= 11 is 1.27. The number of nitrogens with zero attached hydrogens (tertiary/aromatic N) is 3. The molecule has 0 fully saturated rings. The first-order valence-corrected chi connectivity index (χ1v) is 7.77. The third-order valence-electron chi connectivity index (χ3n) is 3.29. The van der Waals surface area contributed by atoms with Gasteiger partial charge in [-0.25, -0.2) is 10.4 Å². The molecular weight excluding hydrogens is 310 g/mol. The van der Waals surface area contributed by atoms with Crippen LogP contribution in [0.3, 0.4) is 0 Å². The van der Waals surface area contributed by atoms with Crippen molar-refractivity contribution in [2.75, 3.05) is 5.73 Å². The van der Waals surface area contributed by atoms with Gasteiger partial charge in [-0.05, 0) is 31.5 Å². The van der Waals surface area contributed by atoms with E-state index in [4.69, 9.17) is 5.73 Å². The van der Waals surface area contributed by atoms with Gasteiger partial charge in [0.05, 0.1) is 11.9 Å². The normalized spacial score (nSPS) is 11.2. The molecule has 0 aliphatic carbocycles. The number of anilines is 1. The van der Waals surface area contributed by atoms with E-state index in [9.17, 15) is 4.79 Å². The number of nitrogen functional groups attached to an aromatic ring is 1. The van der Waals surface area contributed by atoms with Crippen LogP contribution in [-0.2, 0) is 0 Å². The Kier molecular flexibility index (Phi) is 4.03. The molecule has 23 heavy (non-hydrogen) atoms. The minimum absolute atomic E-state index is 0.345. The van der Waals surface area contributed by atoms with Crippen LogP contribution in [0.5, 0.6) is 0 Å². The van der Waals surface area contributed by atoms with E-state index in [1.54, 1.807) is 18.5 Å². The van der Waals surface area contributed by atoms with Gasteiger partial charge in [0.1, 0.15) is 9.71 Å². The molecule has 3 heterocycles. The van der Waals surface area contributed by atoms with Crippen molar-refractivity contribution in [1.82, 2.24) is 15.4 Å². The Morgan fingerprint density at radius 3 is 3.00 bits per heavy atom. The zero-order valence-corrected chi connectivity index (χ0v) is 13.5. The number of nitrogens with two attached hydrogens (primary N) is 1. The Hall–Kier alpha value is -2.80. The van der Waals surface area contributed by atoms with Crippen molar-refractivity contribution in [3.05, 3.63) is 52.3 Å². The first-order valence-electron chi connectivity index (χ1n) is 6.96. The lowest BCUT2D eigenvalue weighted by molar-refractivity contribution is 0.0960. The average molecular weight is 325 g/mol. The van der Waals surface area contributed by atoms with Crippen LogP contribution < -0.4 is 11.2 Å². The molecule has 0 radical (unpaired) electrons. The van der Waals surface area contributed by atoms with E-state index in [1.807, 2.05) is 26.0 Å². The van der Waals surface area contributed by atoms with Gasteiger partial charge in [0.15, 0.2) is 0 Å². The van der Waals surface area contributed by atoms with E-state index in [0.717, 1.165) is 27.0 Å². The van der Waals surface area contributed by atoms with Crippen molar-refractivity contribution in [3.8, 4) is 0 Å². The Balaban J connectivity index is 1.85. The molecule has 0 bridgehead atoms. The topological polar surface area (TPSA) is 93.3 Å². The van der Waals surface area contributed by atoms with E-state index < -0.39 is 0 Å². The second-order valence-electron chi connectivity index (χ2n) is 5.09. The molecule has 0 atom stereocenters. The van der Waals surface area contributed by atoms with Crippen molar-refractivity contribution in [1.29, 1.82) is 0 Å². The van der Waals surface area contributed by atoms with Gasteiger partial charge in [-0.2, -0.15) is 5.10 Å². The number of amides is 1. The zero-order valence-electron chi connectivity index (χ0n) is 12.7. The maximum atomic E-state index is 12.3. The molecule has 3 rings (SSSR count). The second kappa shape index (κ2) is 6.13. The van der Waals surface area contributed by atoms with Crippen molar-refractivity contribution >= 4 is 39.4 Å². The fourth-order valence-electron chi connectivity index (χ4n) is 2.31. The van der Waals surface area contributed by atoms with Crippen LogP contribution in [0.2, 0.25) is 0 Å². The quantitative estimate of drug-likeness (QED) is 0.572. The van der Waals surface area contributed by atoms with Crippen LogP contribution in [-0.4, -0.2) is 22.1 Å². The molecule has 0 saturated heterocycles. The highest BCUT2D eigenvalue weighted by Gasteiger charge is 2.18. The minimum Gasteiger partial charge on any atom is -0.397 e. The number of hydrogen-bond donors (Lipinski definition) is 2. The number of carbonyl (C=O) groups excluding carboxylic acids is 1. The molecule has 0 unspecified atom stereocenters. The first-order chi connectivity index (χ1) is 11.1. The molecule has 3 aromatic heterocycles. The Morgan fingerprint density at radius 1 is 1.43 bits per heavy atom. The molecule has 0 aliphatic rings. The van der Waals surface area contributed by atoms with Gasteiger partial charge in [-0.3, -0.25) is 9.78 Å². The monoisotopic (exact) mass is 325 g/mol. The molecule has 1 amide bonds. The van der Waals surface area contributed by atoms with Crippen LogP contribution in [0.4, 0.5) is 5.69 Å². The number of aromatic nitrogens is 2. The number of carbonyl (C=O) groups is 1. The molecular formula is C16H15N5OS.